The lowest BCUT2D eigenvalue weighted by Crippen LogP contribution is -2.49. The highest BCUT2D eigenvalue weighted by molar-refractivity contribution is 5.99. The molecule has 0 aliphatic heterocycles. The molecule has 5 rings (SSSR count). The van der Waals surface area contributed by atoms with E-state index in [1.54, 1.807) is 19.2 Å². The second-order valence-electron chi connectivity index (χ2n) is 20.7. The fourth-order valence-electron chi connectivity index (χ4n) is 8.02. The Morgan fingerprint density at radius 2 is 0.894 bits per heavy atom. The minimum absolute atomic E-state index is 0.177. The summed E-state index contributed by atoms with van der Waals surface area (Å²) >= 11 is 0. The molecule has 0 saturated heterocycles. The summed E-state index contributed by atoms with van der Waals surface area (Å²) < 4.78 is 42.4. The zero-order valence-corrected chi connectivity index (χ0v) is 40.5. The van der Waals surface area contributed by atoms with Gasteiger partial charge in [-0.05, 0) is 91.1 Å². The molecule has 5 aromatic carbocycles. The maximum Gasteiger partial charge on any atom is 0.416 e. The van der Waals surface area contributed by atoms with Gasteiger partial charge in [-0.2, -0.15) is 13.2 Å². The molecule has 0 heterocycles. The Balaban J connectivity index is 1.56. The maximum absolute atomic E-state index is 14.4. The van der Waals surface area contributed by atoms with E-state index >= 15 is 0 Å². The van der Waals surface area contributed by atoms with E-state index in [4.69, 9.17) is 0 Å². The van der Waals surface area contributed by atoms with Gasteiger partial charge in [0.2, 0.25) is 11.8 Å². The van der Waals surface area contributed by atoms with Crippen LogP contribution in [0.2, 0.25) is 0 Å². The van der Waals surface area contributed by atoms with Gasteiger partial charge in [0.25, 0.3) is 11.8 Å². The van der Waals surface area contributed by atoms with Crippen molar-refractivity contribution in [3.63, 3.8) is 0 Å². The van der Waals surface area contributed by atoms with Gasteiger partial charge in [0.1, 0.15) is 12.1 Å². The van der Waals surface area contributed by atoms with Crippen molar-refractivity contribution in [1.29, 1.82) is 0 Å². The van der Waals surface area contributed by atoms with E-state index in [1.807, 2.05) is 107 Å². The number of amides is 4. The van der Waals surface area contributed by atoms with E-state index < -0.39 is 52.4 Å². The average molecular weight is 903 g/mol. The molecule has 0 aliphatic rings. The Hall–Kier alpha value is -6.23. The van der Waals surface area contributed by atoms with Crippen molar-refractivity contribution in [3.8, 4) is 0 Å². The van der Waals surface area contributed by atoms with Crippen molar-refractivity contribution in [2.45, 2.75) is 122 Å². The SMILES string of the molecule is CNC(=O)[C@@H](NC(=O)c1cc(C(C)(C)C)cc(C(C)(C)c2ccc(C(c3ccccc3)[C@H](NC(=O)c3cc(C(C)(C)C)cc(C(C)(C)C)c3)C(=O)NC)cc2)c1)c1ccccc1C(F)(F)F. The lowest BCUT2D eigenvalue weighted by Gasteiger charge is -2.31. The smallest absolute Gasteiger partial charge is 0.357 e. The van der Waals surface area contributed by atoms with Gasteiger partial charge in [0, 0.05) is 36.6 Å². The van der Waals surface area contributed by atoms with Crippen molar-refractivity contribution in [2.75, 3.05) is 14.1 Å². The van der Waals surface area contributed by atoms with Crippen molar-refractivity contribution in [1.82, 2.24) is 21.3 Å². The van der Waals surface area contributed by atoms with Crippen LogP contribution in [0, 0.1) is 0 Å². The minimum Gasteiger partial charge on any atom is -0.357 e. The van der Waals surface area contributed by atoms with Crippen molar-refractivity contribution in [3.05, 3.63) is 176 Å². The van der Waals surface area contributed by atoms with Crippen LogP contribution in [0.15, 0.2) is 115 Å². The Labute approximate surface area is 388 Å². The molecular formula is C55H65F3N4O4. The summed E-state index contributed by atoms with van der Waals surface area (Å²) in [6, 6.07) is 30.8. The zero-order valence-electron chi connectivity index (χ0n) is 40.5. The largest absolute Gasteiger partial charge is 0.416 e. The number of hydrogen-bond donors (Lipinski definition) is 4. The summed E-state index contributed by atoms with van der Waals surface area (Å²) in [4.78, 5) is 55.6. The molecule has 0 fully saturated rings. The van der Waals surface area contributed by atoms with Gasteiger partial charge >= 0.3 is 6.18 Å². The zero-order chi connectivity index (χ0) is 49.2. The second-order valence-corrected chi connectivity index (χ2v) is 20.7. The van der Waals surface area contributed by atoms with E-state index in [2.05, 4.69) is 68.9 Å². The number of carbonyl (C=O) groups is 4. The molecule has 3 atom stereocenters. The number of halogens is 3. The number of hydrogen-bond acceptors (Lipinski definition) is 4. The Morgan fingerprint density at radius 1 is 0.470 bits per heavy atom. The van der Waals surface area contributed by atoms with Crippen molar-refractivity contribution < 1.29 is 32.3 Å². The quantitative estimate of drug-likeness (QED) is 0.0998. The second kappa shape index (κ2) is 19.3. The highest BCUT2D eigenvalue weighted by atomic mass is 19.4. The molecule has 66 heavy (non-hydrogen) atoms. The molecule has 0 saturated carbocycles. The predicted octanol–water partition coefficient (Wildman–Crippen LogP) is 10.8. The van der Waals surface area contributed by atoms with Crippen LogP contribution in [0.1, 0.15) is 159 Å². The molecule has 4 N–H and O–H groups in total. The van der Waals surface area contributed by atoms with Gasteiger partial charge in [-0.25, -0.2) is 0 Å². The van der Waals surface area contributed by atoms with E-state index in [9.17, 15) is 32.3 Å². The van der Waals surface area contributed by atoms with Crippen molar-refractivity contribution >= 4 is 23.6 Å². The highest BCUT2D eigenvalue weighted by Crippen LogP contribution is 2.39. The van der Waals surface area contributed by atoms with Crippen LogP contribution in [0.25, 0.3) is 0 Å². The number of alkyl halides is 3. The predicted molar refractivity (Wildman–Crippen MR) is 257 cm³/mol. The highest BCUT2D eigenvalue weighted by Gasteiger charge is 2.38. The third-order valence-electron chi connectivity index (χ3n) is 12.4. The summed E-state index contributed by atoms with van der Waals surface area (Å²) in [5.74, 6) is -2.86. The molecule has 11 heteroatoms. The third-order valence-corrected chi connectivity index (χ3v) is 12.4. The molecule has 350 valence electrons. The minimum atomic E-state index is -4.76. The molecule has 0 radical (unpaired) electrons. The van der Waals surface area contributed by atoms with Crippen LogP contribution < -0.4 is 21.3 Å². The summed E-state index contributed by atoms with van der Waals surface area (Å²) in [6.45, 7) is 22.6. The van der Waals surface area contributed by atoms with E-state index in [0.717, 1.165) is 45.0 Å². The van der Waals surface area contributed by atoms with Gasteiger partial charge < -0.3 is 21.3 Å². The molecule has 0 bridgehead atoms. The van der Waals surface area contributed by atoms with E-state index in [1.165, 1.54) is 25.2 Å². The first-order valence-corrected chi connectivity index (χ1v) is 22.3. The lowest BCUT2D eigenvalue weighted by molar-refractivity contribution is -0.138. The Kier molecular flexibility index (Phi) is 14.9. The molecule has 5 aromatic rings. The van der Waals surface area contributed by atoms with Crippen LogP contribution in [0.3, 0.4) is 0 Å². The average Bonchev–Trinajstić information content (AvgIpc) is 3.26. The molecule has 4 amide bonds. The molecule has 1 unspecified atom stereocenters. The number of nitrogens with one attached hydrogen (secondary N) is 4. The normalized spacial score (nSPS) is 13.8. The Morgan fingerprint density at radius 3 is 1.36 bits per heavy atom. The van der Waals surface area contributed by atoms with Crippen LogP contribution in [-0.4, -0.2) is 43.8 Å². The third kappa shape index (κ3) is 11.6. The number of carbonyl (C=O) groups excluding carboxylic acids is 4. The van der Waals surface area contributed by atoms with Gasteiger partial charge in [-0.1, -0.05) is 161 Å². The van der Waals surface area contributed by atoms with Crippen LogP contribution in [0.4, 0.5) is 13.2 Å². The van der Waals surface area contributed by atoms with E-state index in [-0.39, 0.29) is 33.8 Å². The maximum atomic E-state index is 14.4. The standard InChI is InChI=1S/C55H65F3N4O4/c1-51(2,3)38-27-35(28-39(31-38)52(4,5)6)48(64)62-46(50(66)60-13)44(33-19-15-14-16-20-33)34-23-25-37(26-24-34)54(10,11)41-30-36(29-40(32-41)53(7,8)9)47(63)61-45(49(65)59-12)42-21-17-18-22-43(42)55(56,57)58/h14-32,44-46H,1-13H3,(H,59,65)(H,60,66)(H,61,63)(H,62,64)/t44?,45-,46-/m0/s1. The first kappa shape index (κ1) is 50.8. The first-order chi connectivity index (χ1) is 30.6. The summed E-state index contributed by atoms with van der Waals surface area (Å²) in [6.07, 6.45) is -4.76. The van der Waals surface area contributed by atoms with Gasteiger partial charge in [-0.15, -0.1) is 0 Å². The lowest BCUT2D eigenvalue weighted by atomic mass is 9.74. The molecular weight excluding hydrogens is 838 g/mol. The summed E-state index contributed by atoms with van der Waals surface area (Å²) in [5.41, 5.74) is 3.63. The van der Waals surface area contributed by atoms with Gasteiger partial charge in [0.15, 0.2) is 0 Å². The number of likely N-dealkylation sites (N-methyl/N-ethyl adjacent to an activating group) is 2. The van der Waals surface area contributed by atoms with Gasteiger partial charge in [-0.3, -0.25) is 19.2 Å². The van der Waals surface area contributed by atoms with Crippen LogP contribution in [0.5, 0.6) is 0 Å². The first-order valence-electron chi connectivity index (χ1n) is 22.3. The number of benzene rings is 5. The summed E-state index contributed by atoms with van der Waals surface area (Å²) in [5, 5.41) is 10.9. The van der Waals surface area contributed by atoms with E-state index in [0.29, 0.717) is 5.56 Å². The van der Waals surface area contributed by atoms with Crippen LogP contribution in [-0.2, 0) is 37.4 Å². The Bertz CT molecular complexity index is 2530. The summed E-state index contributed by atoms with van der Waals surface area (Å²) in [7, 11) is 2.85. The number of rotatable bonds is 12. The van der Waals surface area contributed by atoms with Gasteiger partial charge in [0.05, 0.1) is 5.56 Å². The molecule has 0 spiro atoms. The monoisotopic (exact) mass is 902 g/mol. The molecule has 0 aromatic heterocycles. The molecule has 8 nitrogen and oxygen atoms in total. The van der Waals surface area contributed by atoms with Crippen LogP contribution >= 0.6 is 0 Å². The topological polar surface area (TPSA) is 116 Å². The van der Waals surface area contributed by atoms with Crippen molar-refractivity contribution in [2.24, 2.45) is 0 Å². The fraction of sp³-hybridized carbons (Fsp3) is 0.382. The fourth-order valence-corrected chi connectivity index (χ4v) is 8.02. The molecule has 0 aliphatic carbocycles.